The topological polar surface area (TPSA) is 128 Å². The fourth-order valence-electron chi connectivity index (χ4n) is 4.48. The minimum Gasteiger partial charge on any atom is -0.619 e. The number of carbonyl (C=O) groups is 2. The molecule has 1 aliphatic heterocycles. The van der Waals surface area contributed by atoms with Gasteiger partial charge in [-0.3, -0.25) is 10.1 Å². The zero-order chi connectivity index (χ0) is 22.3. The Kier molecular flexibility index (Phi) is 4.73. The lowest BCUT2D eigenvalue weighted by molar-refractivity contribution is -0.605. The Morgan fingerprint density at radius 1 is 1.19 bits per heavy atom. The molecule has 3 aromatic rings. The molecule has 1 aliphatic carbocycles. The molecule has 1 aromatic carbocycles. The van der Waals surface area contributed by atoms with Crippen molar-refractivity contribution in [2.75, 3.05) is 5.32 Å². The van der Waals surface area contributed by atoms with Crippen molar-refractivity contribution in [1.29, 1.82) is 0 Å². The molecule has 162 valence electrons. The highest BCUT2D eigenvalue weighted by Crippen LogP contribution is 2.47. The Hall–Kier alpha value is -4.01. The third-order valence-electron chi connectivity index (χ3n) is 6.16. The van der Waals surface area contributed by atoms with E-state index in [1.165, 1.54) is 12.4 Å². The van der Waals surface area contributed by atoms with E-state index in [1.54, 1.807) is 36.7 Å². The van der Waals surface area contributed by atoms with Gasteiger partial charge in [-0.1, -0.05) is 12.1 Å². The van der Waals surface area contributed by atoms with Crippen molar-refractivity contribution in [3.05, 3.63) is 71.5 Å². The summed E-state index contributed by atoms with van der Waals surface area (Å²) in [7, 11) is 0. The highest BCUT2D eigenvalue weighted by atomic mass is 16.6. The van der Waals surface area contributed by atoms with E-state index >= 15 is 0 Å². The van der Waals surface area contributed by atoms with Crippen LogP contribution in [0.5, 0.6) is 5.75 Å². The van der Waals surface area contributed by atoms with Crippen molar-refractivity contribution in [2.45, 2.75) is 31.3 Å². The van der Waals surface area contributed by atoms with Crippen molar-refractivity contribution in [3.8, 4) is 16.9 Å². The van der Waals surface area contributed by atoms with Crippen LogP contribution in [-0.4, -0.2) is 27.0 Å². The largest absolute Gasteiger partial charge is 0.619 e. The molecule has 5 rings (SSSR count). The molecule has 0 bridgehead atoms. The van der Waals surface area contributed by atoms with E-state index in [2.05, 4.69) is 15.3 Å². The number of carbonyl (C=O) groups excluding carboxylic acids is 2. The third kappa shape index (κ3) is 3.51. The number of aromatic hydroxyl groups is 1. The molecule has 1 fully saturated rings. The fourth-order valence-corrected chi connectivity index (χ4v) is 4.48. The Balaban J connectivity index is 1.24. The van der Waals surface area contributed by atoms with Crippen LogP contribution in [0.4, 0.5) is 5.95 Å². The Morgan fingerprint density at radius 2 is 1.94 bits per heavy atom. The minimum atomic E-state index is -0.767. The van der Waals surface area contributed by atoms with Crippen LogP contribution in [0, 0.1) is 11.1 Å². The zero-order valence-electron chi connectivity index (χ0n) is 17.0. The van der Waals surface area contributed by atoms with Crippen molar-refractivity contribution >= 4 is 17.8 Å². The zero-order valence-corrected chi connectivity index (χ0v) is 17.0. The quantitative estimate of drug-likeness (QED) is 0.370. The van der Waals surface area contributed by atoms with Crippen LogP contribution in [0.2, 0.25) is 0 Å². The number of esters is 1. The summed E-state index contributed by atoms with van der Waals surface area (Å²) >= 11 is 0. The highest BCUT2D eigenvalue weighted by Gasteiger charge is 2.49. The maximum absolute atomic E-state index is 12.7. The lowest BCUT2D eigenvalue weighted by Crippen LogP contribution is -2.36. The number of ether oxygens (including phenoxy) is 1. The maximum atomic E-state index is 12.7. The number of pyridine rings is 1. The smallest absolute Gasteiger partial charge is 0.345 e. The SMILES string of the molecule is O=C1OC2(CCC(C(=O)Nc3ncc(-c4cccc(O)c4)cn3)CC2)c2cc[n+]([O-])cc21. The van der Waals surface area contributed by atoms with Crippen LogP contribution < -0.4 is 10.0 Å². The molecule has 0 saturated heterocycles. The summed E-state index contributed by atoms with van der Waals surface area (Å²) in [6, 6.07) is 8.39. The van der Waals surface area contributed by atoms with Crippen LogP contribution >= 0.6 is 0 Å². The van der Waals surface area contributed by atoms with E-state index in [4.69, 9.17) is 4.74 Å². The first kappa shape index (κ1) is 19.9. The average molecular weight is 432 g/mol. The predicted molar refractivity (Wildman–Crippen MR) is 112 cm³/mol. The number of nitrogens with one attached hydrogen (secondary N) is 1. The number of anilines is 1. The van der Waals surface area contributed by atoms with Crippen molar-refractivity contribution in [2.24, 2.45) is 5.92 Å². The molecule has 0 radical (unpaired) electrons. The number of phenolic OH excluding ortho intramolecular Hbond substituents is 1. The number of amides is 1. The van der Waals surface area contributed by atoms with Gasteiger partial charge in [-0.05, 0) is 43.4 Å². The molecule has 2 aliphatic rings. The van der Waals surface area contributed by atoms with Crippen LogP contribution in [0.1, 0.15) is 41.6 Å². The van der Waals surface area contributed by atoms with E-state index in [1.807, 2.05) is 6.07 Å². The van der Waals surface area contributed by atoms with Crippen LogP contribution in [0.15, 0.2) is 55.1 Å². The predicted octanol–water partition coefficient (Wildman–Crippen LogP) is 2.68. The summed E-state index contributed by atoms with van der Waals surface area (Å²) < 4.78 is 6.25. The molecule has 9 heteroatoms. The summed E-state index contributed by atoms with van der Waals surface area (Å²) in [5, 5.41) is 23.9. The lowest BCUT2D eigenvalue weighted by Gasteiger charge is -2.35. The maximum Gasteiger partial charge on any atom is 0.345 e. The molecular formula is C23H20N4O5. The standard InChI is InChI=1S/C23H20N4O5/c28-17-3-1-2-15(10-17)16-11-24-22(25-12-16)26-20(29)14-4-7-23(8-5-14)19-6-9-27(31)13-18(19)21(30)32-23/h1-3,6,9-14,28H,4-5,7-8H2,(H,24,25,26,29). The normalized spacial score (nSPS) is 21.8. The van der Waals surface area contributed by atoms with E-state index in [9.17, 15) is 19.9 Å². The molecule has 2 aromatic heterocycles. The van der Waals surface area contributed by atoms with Gasteiger partial charge in [0.15, 0.2) is 12.4 Å². The number of hydrogen-bond donors (Lipinski definition) is 2. The highest BCUT2D eigenvalue weighted by molar-refractivity contribution is 5.94. The first-order valence-corrected chi connectivity index (χ1v) is 10.3. The second-order valence-corrected chi connectivity index (χ2v) is 8.13. The molecule has 32 heavy (non-hydrogen) atoms. The van der Waals surface area contributed by atoms with Gasteiger partial charge in [-0.2, -0.15) is 4.73 Å². The summed E-state index contributed by atoms with van der Waals surface area (Å²) in [6.07, 6.45) is 7.85. The minimum absolute atomic E-state index is 0.151. The second kappa shape index (κ2) is 7.60. The number of fused-ring (bicyclic) bond motifs is 2. The lowest BCUT2D eigenvalue weighted by atomic mass is 9.75. The number of nitrogens with zero attached hydrogens (tertiary/aromatic N) is 3. The Labute approximate surface area is 183 Å². The molecule has 0 unspecified atom stereocenters. The summed E-state index contributed by atoms with van der Waals surface area (Å²) in [6.45, 7) is 0. The fraction of sp³-hybridized carbons (Fsp3) is 0.261. The van der Waals surface area contributed by atoms with Gasteiger partial charge in [0.25, 0.3) is 0 Å². The molecular weight excluding hydrogens is 412 g/mol. The number of phenols is 1. The van der Waals surface area contributed by atoms with Gasteiger partial charge < -0.3 is 15.1 Å². The van der Waals surface area contributed by atoms with Gasteiger partial charge in [0.1, 0.15) is 16.9 Å². The average Bonchev–Trinajstić information content (AvgIpc) is 3.05. The molecule has 3 heterocycles. The third-order valence-corrected chi connectivity index (χ3v) is 6.16. The second-order valence-electron chi connectivity index (χ2n) is 8.13. The van der Waals surface area contributed by atoms with E-state index in [0.29, 0.717) is 36.0 Å². The van der Waals surface area contributed by atoms with Gasteiger partial charge in [-0.25, -0.2) is 14.8 Å². The first-order chi connectivity index (χ1) is 15.4. The number of rotatable bonds is 3. The molecule has 1 spiro atoms. The van der Waals surface area contributed by atoms with Gasteiger partial charge in [-0.15, -0.1) is 0 Å². The first-order valence-electron chi connectivity index (χ1n) is 10.3. The van der Waals surface area contributed by atoms with Crippen molar-refractivity contribution in [1.82, 2.24) is 9.97 Å². The van der Waals surface area contributed by atoms with E-state index in [0.717, 1.165) is 16.7 Å². The molecule has 0 atom stereocenters. The van der Waals surface area contributed by atoms with E-state index < -0.39 is 11.6 Å². The number of hydrogen-bond acceptors (Lipinski definition) is 7. The van der Waals surface area contributed by atoms with Crippen LogP contribution in [-0.2, 0) is 15.1 Å². The Bertz CT molecular complexity index is 1200. The van der Waals surface area contributed by atoms with Gasteiger partial charge in [0.05, 0.1) is 0 Å². The van der Waals surface area contributed by atoms with E-state index in [-0.39, 0.29) is 23.5 Å². The number of aromatic nitrogens is 3. The molecule has 1 saturated carbocycles. The van der Waals surface area contributed by atoms with Crippen molar-refractivity contribution in [3.63, 3.8) is 0 Å². The summed E-state index contributed by atoms with van der Waals surface area (Å²) in [5.74, 6) is -0.575. The molecule has 1 amide bonds. The summed E-state index contributed by atoms with van der Waals surface area (Å²) in [4.78, 5) is 33.4. The van der Waals surface area contributed by atoms with Gasteiger partial charge in [0, 0.05) is 35.5 Å². The van der Waals surface area contributed by atoms with Crippen LogP contribution in [0.3, 0.4) is 0 Å². The Morgan fingerprint density at radius 3 is 2.66 bits per heavy atom. The number of benzene rings is 1. The molecule has 9 nitrogen and oxygen atoms in total. The van der Waals surface area contributed by atoms with Crippen molar-refractivity contribution < 1.29 is 24.2 Å². The van der Waals surface area contributed by atoms with Gasteiger partial charge in [0.2, 0.25) is 11.9 Å². The van der Waals surface area contributed by atoms with Gasteiger partial charge >= 0.3 is 5.97 Å². The monoisotopic (exact) mass is 432 g/mol. The summed E-state index contributed by atoms with van der Waals surface area (Å²) in [5.41, 5.74) is 1.75. The van der Waals surface area contributed by atoms with Crippen LogP contribution in [0.25, 0.3) is 11.1 Å². The molecule has 2 N–H and O–H groups in total.